The molecule has 3 aromatic rings. The van der Waals surface area contributed by atoms with E-state index in [0.29, 0.717) is 23.6 Å². The molecule has 8 heteroatoms. The van der Waals surface area contributed by atoms with Crippen LogP contribution in [0, 0.1) is 0 Å². The summed E-state index contributed by atoms with van der Waals surface area (Å²) >= 11 is 0. The zero-order valence-electron chi connectivity index (χ0n) is 13.0. The van der Waals surface area contributed by atoms with Gasteiger partial charge in [0.1, 0.15) is 5.69 Å². The number of alkyl halides is 3. The molecule has 2 N–H and O–H groups in total. The van der Waals surface area contributed by atoms with Crippen molar-refractivity contribution in [1.29, 1.82) is 0 Å². The molecule has 0 amide bonds. The quantitative estimate of drug-likeness (QED) is 0.738. The fraction of sp³-hybridized carbons (Fsp3) is 0.176. The molecule has 25 heavy (non-hydrogen) atoms. The van der Waals surface area contributed by atoms with Gasteiger partial charge in [-0.3, -0.25) is 0 Å². The first-order valence-corrected chi connectivity index (χ1v) is 7.52. The number of aromatic nitrogens is 3. The highest BCUT2D eigenvalue weighted by Gasteiger charge is 2.29. The third-order valence-corrected chi connectivity index (χ3v) is 3.56. The number of halogens is 3. The summed E-state index contributed by atoms with van der Waals surface area (Å²) < 4.78 is 39.4. The topological polar surface area (TPSA) is 63.0 Å². The van der Waals surface area contributed by atoms with Crippen LogP contribution in [0.4, 0.5) is 24.5 Å². The third kappa shape index (κ3) is 3.97. The Morgan fingerprint density at radius 2 is 1.76 bits per heavy atom. The number of hydrogen-bond donors (Lipinski definition) is 2. The number of nitrogens with zero attached hydrogens (tertiary/aromatic N) is 3. The molecule has 2 aromatic carbocycles. The fourth-order valence-electron chi connectivity index (χ4n) is 2.35. The molecule has 0 aliphatic heterocycles. The number of para-hydroxylation sites is 1. The largest absolute Gasteiger partial charge is 0.416 e. The van der Waals surface area contributed by atoms with Crippen LogP contribution in [0.3, 0.4) is 0 Å². The summed E-state index contributed by atoms with van der Waals surface area (Å²) in [6.45, 7) is 0.287. The Hall–Kier alpha value is -2.87. The highest BCUT2D eigenvalue weighted by atomic mass is 19.4. The predicted molar refractivity (Wildman–Crippen MR) is 87.3 cm³/mol. The molecule has 0 radical (unpaired) electrons. The second-order valence-electron chi connectivity index (χ2n) is 5.34. The van der Waals surface area contributed by atoms with Crippen LogP contribution in [0.25, 0.3) is 11.3 Å². The maximum atomic E-state index is 12.6. The van der Waals surface area contributed by atoms with E-state index in [4.69, 9.17) is 5.11 Å². The second kappa shape index (κ2) is 6.94. The highest BCUT2D eigenvalue weighted by Crippen LogP contribution is 2.32. The summed E-state index contributed by atoms with van der Waals surface area (Å²) in [7, 11) is 0. The number of anilines is 2. The smallest absolute Gasteiger partial charge is 0.394 e. The van der Waals surface area contributed by atoms with Crippen molar-refractivity contribution in [2.24, 2.45) is 0 Å². The van der Waals surface area contributed by atoms with E-state index in [1.54, 1.807) is 12.3 Å². The minimum atomic E-state index is -4.36. The molecule has 0 aliphatic rings. The molecule has 0 saturated heterocycles. The average Bonchev–Trinajstić information content (AvgIpc) is 3.04. The van der Waals surface area contributed by atoms with Crippen LogP contribution in [-0.2, 0) is 12.7 Å². The van der Waals surface area contributed by atoms with Crippen LogP contribution in [0.2, 0.25) is 0 Å². The van der Waals surface area contributed by atoms with Crippen molar-refractivity contribution in [2.75, 3.05) is 11.9 Å². The van der Waals surface area contributed by atoms with Crippen LogP contribution in [0.5, 0.6) is 0 Å². The molecule has 0 atom stereocenters. The van der Waals surface area contributed by atoms with E-state index in [2.05, 4.69) is 15.6 Å². The van der Waals surface area contributed by atoms with Gasteiger partial charge in [-0.2, -0.15) is 13.2 Å². The summed E-state index contributed by atoms with van der Waals surface area (Å²) in [6, 6.07) is 12.1. The van der Waals surface area contributed by atoms with Crippen molar-refractivity contribution < 1.29 is 18.3 Å². The molecular formula is C17H15F3N4O. The van der Waals surface area contributed by atoms with E-state index in [1.165, 1.54) is 16.8 Å². The van der Waals surface area contributed by atoms with Crippen molar-refractivity contribution in [1.82, 2.24) is 15.0 Å². The van der Waals surface area contributed by atoms with Gasteiger partial charge in [0.15, 0.2) is 0 Å². The van der Waals surface area contributed by atoms with Gasteiger partial charge >= 0.3 is 6.18 Å². The molecule has 3 rings (SSSR count). The molecule has 0 unspecified atom stereocenters. The summed E-state index contributed by atoms with van der Waals surface area (Å²) in [5.41, 5.74) is 1.88. The molecule has 5 nitrogen and oxygen atoms in total. The van der Waals surface area contributed by atoms with Gasteiger partial charge in [0.2, 0.25) is 0 Å². The number of benzene rings is 2. The van der Waals surface area contributed by atoms with Crippen LogP contribution in [0.15, 0.2) is 54.7 Å². The van der Waals surface area contributed by atoms with Gasteiger partial charge in [0.05, 0.1) is 24.9 Å². The van der Waals surface area contributed by atoms with Gasteiger partial charge in [0.25, 0.3) is 0 Å². The predicted octanol–water partition coefficient (Wildman–Crippen LogP) is 3.70. The summed E-state index contributed by atoms with van der Waals surface area (Å²) in [6.07, 6.45) is -2.66. The normalized spacial score (nSPS) is 11.5. The lowest BCUT2D eigenvalue weighted by Crippen LogP contribution is -2.04. The van der Waals surface area contributed by atoms with E-state index in [1.807, 2.05) is 18.2 Å². The Balaban J connectivity index is 1.85. The first kappa shape index (κ1) is 17.0. The molecular weight excluding hydrogens is 333 g/mol. The molecule has 130 valence electrons. The molecule has 0 saturated carbocycles. The SMILES string of the molecule is OCCn1cc(-c2ccccc2Nc2ccc(C(F)(F)F)cc2)nn1. The highest BCUT2D eigenvalue weighted by molar-refractivity contribution is 5.78. The monoisotopic (exact) mass is 348 g/mol. The lowest BCUT2D eigenvalue weighted by atomic mass is 10.1. The van der Waals surface area contributed by atoms with Crippen LogP contribution in [-0.4, -0.2) is 26.7 Å². The molecule has 0 aliphatic carbocycles. The van der Waals surface area contributed by atoms with Crippen molar-refractivity contribution in [3.05, 3.63) is 60.3 Å². The first-order chi connectivity index (χ1) is 12.0. The van der Waals surface area contributed by atoms with Crippen LogP contribution < -0.4 is 5.32 Å². The maximum absolute atomic E-state index is 12.6. The number of nitrogens with one attached hydrogen (secondary N) is 1. The van der Waals surface area contributed by atoms with Gasteiger partial charge in [-0.05, 0) is 30.3 Å². The fourth-order valence-corrected chi connectivity index (χ4v) is 2.35. The summed E-state index contributed by atoms with van der Waals surface area (Å²) in [5, 5.41) is 20.0. The van der Waals surface area contributed by atoms with E-state index in [0.717, 1.165) is 17.7 Å². The summed E-state index contributed by atoms with van der Waals surface area (Å²) in [4.78, 5) is 0. The van der Waals surface area contributed by atoms with Crippen molar-refractivity contribution in [3.63, 3.8) is 0 Å². The van der Waals surface area contributed by atoms with Gasteiger partial charge < -0.3 is 10.4 Å². The van der Waals surface area contributed by atoms with Crippen molar-refractivity contribution >= 4 is 11.4 Å². The van der Waals surface area contributed by atoms with Crippen LogP contribution >= 0.6 is 0 Å². The lowest BCUT2D eigenvalue weighted by molar-refractivity contribution is -0.137. The Morgan fingerprint density at radius 3 is 2.44 bits per heavy atom. The minimum absolute atomic E-state index is 0.0474. The van der Waals surface area contributed by atoms with Gasteiger partial charge in [-0.1, -0.05) is 23.4 Å². The summed E-state index contributed by atoms with van der Waals surface area (Å²) in [5.74, 6) is 0. The lowest BCUT2D eigenvalue weighted by Gasteiger charge is -2.12. The van der Waals surface area contributed by atoms with E-state index >= 15 is 0 Å². The molecule has 1 heterocycles. The van der Waals surface area contributed by atoms with Gasteiger partial charge in [0, 0.05) is 16.9 Å². The minimum Gasteiger partial charge on any atom is -0.394 e. The van der Waals surface area contributed by atoms with Gasteiger partial charge in [-0.25, -0.2) is 4.68 Å². The Bertz CT molecular complexity index is 844. The molecule has 0 spiro atoms. The molecule has 0 fully saturated rings. The van der Waals surface area contributed by atoms with E-state index < -0.39 is 11.7 Å². The second-order valence-corrected chi connectivity index (χ2v) is 5.34. The Labute approximate surface area is 141 Å². The van der Waals surface area contributed by atoms with Gasteiger partial charge in [-0.15, -0.1) is 5.10 Å². The average molecular weight is 348 g/mol. The maximum Gasteiger partial charge on any atom is 0.416 e. The van der Waals surface area contributed by atoms with Crippen molar-refractivity contribution in [3.8, 4) is 11.3 Å². The van der Waals surface area contributed by atoms with Crippen LogP contribution in [0.1, 0.15) is 5.56 Å². The number of rotatable bonds is 5. The Kier molecular flexibility index (Phi) is 4.71. The van der Waals surface area contributed by atoms with Crippen molar-refractivity contribution in [2.45, 2.75) is 12.7 Å². The zero-order valence-corrected chi connectivity index (χ0v) is 13.0. The van der Waals surface area contributed by atoms with E-state index in [9.17, 15) is 13.2 Å². The Morgan fingerprint density at radius 1 is 1.04 bits per heavy atom. The zero-order chi connectivity index (χ0) is 17.9. The molecule has 1 aromatic heterocycles. The standard InChI is InChI=1S/C17H15F3N4O/c18-17(19,20)12-5-7-13(8-6-12)21-15-4-2-1-3-14(15)16-11-24(9-10-25)23-22-16/h1-8,11,21,25H,9-10H2. The number of hydrogen-bond acceptors (Lipinski definition) is 4. The number of aliphatic hydroxyl groups excluding tert-OH is 1. The molecule has 0 bridgehead atoms. The third-order valence-electron chi connectivity index (χ3n) is 3.56. The first-order valence-electron chi connectivity index (χ1n) is 7.52. The number of aliphatic hydroxyl groups is 1. The van der Waals surface area contributed by atoms with E-state index in [-0.39, 0.29) is 6.61 Å².